The monoisotopic (exact) mass is 240 g/mol. The third kappa shape index (κ3) is 1.33. The van der Waals surface area contributed by atoms with Crippen molar-refractivity contribution < 1.29 is 9.59 Å². The van der Waals surface area contributed by atoms with Crippen LogP contribution in [0.5, 0.6) is 0 Å². The van der Waals surface area contributed by atoms with Gasteiger partial charge in [-0.3, -0.25) is 9.59 Å². The first-order valence-corrected chi connectivity index (χ1v) is 6.56. The van der Waals surface area contributed by atoms with Gasteiger partial charge in [-0.25, -0.2) is 0 Å². The molecule has 4 rings (SSSR count). The molecular weight excluding hydrogens is 224 g/mol. The average Bonchev–Trinajstić information content (AvgIpc) is 2.35. The Morgan fingerprint density at radius 1 is 0.889 bits per heavy atom. The number of ketones is 2. The quantitative estimate of drug-likeness (QED) is 0.546. The molecule has 4 aliphatic rings. The number of hydrogen-bond acceptors (Lipinski definition) is 2. The molecule has 0 aliphatic heterocycles. The molecule has 0 aromatic rings. The van der Waals surface area contributed by atoms with Crippen molar-refractivity contribution in [2.45, 2.75) is 38.5 Å². The van der Waals surface area contributed by atoms with Crippen molar-refractivity contribution in [1.29, 1.82) is 0 Å². The third-order valence-corrected chi connectivity index (χ3v) is 5.29. The molecule has 4 saturated carbocycles. The number of terminal acetylenes is 2. The zero-order chi connectivity index (χ0) is 13.0. The fourth-order valence-electron chi connectivity index (χ4n) is 5.10. The van der Waals surface area contributed by atoms with E-state index in [9.17, 15) is 9.59 Å². The standard InChI is InChI=1S/C16H16O2/c1-3-13(17)15-6-11-5-12(7-15)9-16(8-11,10-15)14(18)4-2/h1-2,11-12H,5-10H2. The molecule has 0 aromatic carbocycles. The fraction of sp³-hybridized carbons (Fsp3) is 0.625. The summed E-state index contributed by atoms with van der Waals surface area (Å²) in [5, 5.41) is 0. The Morgan fingerprint density at radius 2 is 1.28 bits per heavy atom. The molecule has 0 radical (unpaired) electrons. The lowest BCUT2D eigenvalue weighted by molar-refractivity contribution is -0.158. The summed E-state index contributed by atoms with van der Waals surface area (Å²) in [7, 11) is 0. The minimum Gasteiger partial charge on any atom is -0.284 e. The summed E-state index contributed by atoms with van der Waals surface area (Å²) in [5.74, 6) is 5.30. The SMILES string of the molecule is C#CC(=O)C12CC3CC(C1)CC(C(=O)C#C)(C3)C2. The lowest BCUT2D eigenvalue weighted by atomic mass is 9.42. The lowest BCUT2D eigenvalue weighted by Gasteiger charge is -2.59. The van der Waals surface area contributed by atoms with Crippen molar-refractivity contribution in [3.8, 4) is 24.7 Å². The van der Waals surface area contributed by atoms with Gasteiger partial charge in [0, 0.05) is 10.8 Å². The maximum atomic E-state index is 12.1. The summed E-state index contributed by atoms with van der Waals surface area (Å²) < 4.78 is 0. The van der Waals surface area contributed by atoms with Crippen molar-refractivity contribution in [3.05, 3.63) is 0 Å². The van der Waals surface area contributed by atoms with Gasteiger partial charge in [-0.15, -0.1) is 12.8 Å². The molecule has 4 aliphatic carbocycles. The normalized spacial score (nSPS) is 44.1. The Labute approximate surface area is 108 Å². The van der Waals surface area contributed by atoms with Gasteiger partial charge in [-0.2, -0.15) is 0 Å². The molecule has 4 bridgehead atoms. The topological polar surface area (TPSA) is 34.1 Å². The first-order chi connectivity index (χ1) is 8.53. The number of Topliss-reactive ketones (excluding diaryl/α,β-unsaturated/α-hetero) is 2. The second-order valence-corrected chi connectivity index (χ2v) is 6.47. The first kappa shape index (κ1) is 11.5. The number of rotatable bonds is 2. The third-order valence-electron chi connectivity index (χ3n) is 5.29. The van der Waals surface area contributed by atoms with E-state index >= 15 is 0 Å². The van der Waals surface area contributed by atoms with Crippen molar-refractivity contribution in [1.82, 2.24) is 0 Å². The van der Waals surface area contributed by atoms with E-state index in [0.29, 0.717) is 18.3 Å². The highest BCUT2D eigenvalue weighted by atomic mass is 16.1. The van der Waals surface area contributed by atoms with Crippen LogP contribution in [0, 0.1) is 47.4 Å². The van der Waals surface area contributed by atoms with Crippen molar-refractivity contribution in [2.24, 2.45) is 22.7 Å². The Hall–Kier alpha value is -1.54. The molecule has 0 heterocycles. The van der Waals surface area contributed by atoms with E-state index in [-0.39, 0.29) is 11.6 Å². The zero-order valence-corrected chi connectivity index (χ0v) is 10.4. The van der Waals surface area contributed by atoms with E-state index in [4.69, 9.17) is 12.8 Å². The van der Waals surface area contributed by atoms with E-state index in [2.05, 4.69) is 11.8 Å². The number of hydrogen-bond donors (Lipinski definition) is 0. The molecule has 4 fully saturated rings. The van der Waals surface area contributed by atoms with Crippen LogP contribution in [0.2, 0.25) is 0 Å². The molecule has 0 saturated heterocycles. The Kier molecular flexibility index (Phi) is 2.23. The Morgan fingerprint density at radius 3 is 1.61 bits per heavy atom. The average molecular weight is 240 g/mol. The molecule has 0 N–H and O–H groups in total. The van der Waals surface area contributed by atoms with Crippen molar-refractivity contribution in [3.63, 3.8) is 0 Å². The largest absolute Gasteiger partial charge is 0.284 e. The molecule has 2 nitrogen and oxygen atoms in total. The zero-order valence-electron chi connectivity index (χ0n) is 10.4. The van der Waals surface area contributed by atoms with E-state index in [1.165, 1.54) is 0 Å². The van der Waals surface area contributed by atoms with E-state index in [1.54, 1.807) is 0 Å². The fourth-order valence-corrected chi connectivity index (χ4v) is 5.10. The predicted octanol–water partition coefficient (Wildman–Crippen LogP) is 1.98. The van der Waals surface area contributed by atoms with E-state index in [0.717, 1.165) is 32.1 Å². The van der Waals surface area contributed by atoms with Crippen LogP contribution in [0.15, 0.2) is 0 Å². The maximum Gasteiger partial charge on any atom is 0.211 e. The molecule has 2 heteroatoms. The van der Waals surface area contributed by atoms with Gasteiger partial charge in [0.2, 0.25) is 11.6 Å². The van der Waals surface area contributed by atoms with Gasteiger partial charge in [0.25, 0.3) is 0 Å². The molecule has 0 aromatic heterocycles. The molecule has 0 spiro atoms. The summed E-state index contributed by atoms with van der Waals surface area (Å²) in [6, 6.07) is 0. The van der Waals surface area contributed by atoms with E-state index < -0.39 is 10.8 Å². The maximum absolute atomic E-state index is 12.1. The highest BCUT2D eigenvalue weighted by Crippen LogP contribution is 2.65. The summed E-state index contributed by atoms with van der Waals surface area (Å²) >= 11 is 0. The summed E-state index contributed by atoms with van der Waals surface area (Å²) in [5.41, 5.74) is -0.878. The molecule has 18 heavy (non-hydrogen) atoms. The number of carbonyl (C=O) groups is 2. The van der Waals surface area contributed by atoms with Crippen LogP contribution in [-0.4, -0.2) is 11.6 Å². The van der Waals surface area contributed by atoms with Gasteiger partial charge >= 0.3 is 0 Å². The van der Waals surface area contributed by atoms with Gasteiger partial charge in [0.1, 0.15) is 0 Å². The summed E-state index contributed by atoms with van der Waals surface area (Å²) in [6.45, 7) is 0. The van der Waals surface area contributed by atoms with Crippen LogP contribution in [-0.2, 0) is 9.59 Å². The molecule has 0 amide bonds. The summed E-state index contributed by atoms with van der Waals surface area (Å²) in [6.07, 6.45) is 15.8. The molecular formula is C16H16O2. The predicted molar refractivity (Wildman–Crippen MR) is 67.2 cm³/mol. The number of carbonyl (C=O) groups excluding carboxylic acids is 2. The Bertz CT molecular complexity index is 456. The lowest BCUT2D eigenvalue weighted by Crippen LogP contribution is -2.57. The van der Waals surface area contributed by atoms with Crippen molar-refractivity contribution in [2.75, 3.05) is 0 Å². The highest BCUT2D eigenvalue weighted by Gasteiger charge is 2.62. The van der Waals surface area contributed by atoms with Crippen LogP contribution in [0.3, 0.4) is 0 Å². The minimum absolute atomic E-state index is 0.106. The molecule has 0 atom stereocenters. The van der Waals surface area contributed by atoms with Crippen LogP contribution in [0.25, 0.3) is 0 Å². The van der Waals surface area contributed by atoms with Crippen molar-refractivity contribution >= 4 is 11.6 Å². The first-order valence-electron chi connectivity index (χ1n) is 6.56. The summed E-state index contributed by atoms with van der Waals surface area (Å²) in [4.78, 5) is 24.2. The van der Waals surface area contributed by atoms with Crippen LogP contribution in [0.1, 0.15) is 38.5 Å². The van der Waals surface area contributed by atoms with E-state index in [1.807, 2.05) is 0 Å². The smallest absolute Gasteiger partial charge is 0.211 e. The molecule has 0 unspecified atom stereocenters. The Balaban J connectivity index is 2.04. The second-order valence-electron chi connectivity index (χ2n) is 6.47. The van der Waals surface area contributed by atoms with Gasteiger partial charge in [-0.05, 0) is 62.2 Å². The van der Waals surface area contributed by atoms with Gasteiger partial charge in [-0.1, -0.05) is 0 Å². The van der Waals surface area contributed by atoms with Crippen LogP contribution >= 0.6 is 0 Å². The highest BCUT2D eigenvalue weighted by molar-refractivity contribution is 6.03. The van der Waals surface area contributed by atoms with Gasteiger partial charge in [0.15, 0.2) is 0 Å². The molecule has 92 valence electrons. The van der Waals surface area contributed by atoms with Crippen LogP contribution in [0.4, 0.5) is 0 Å². The second kappa shape index (κ2) is 3.48. The minimum atomic E-state index is -0.439. The van der Waals surface area contributed by atoms with Crippen LogP contribution < -0.4 is 0 Å². The van der Waals surface area contributed by atoms with Gasteiger partial charge < -0.3 is 0 Å². The van der Waals surface area contributed by atoms with Gasteiger partial charge in [0.05, 0.1) is 0 Å².